The summed E-state index contributed by atoms with van der Waals surface area (Å²) < 4.78 is 4.74. The average molecular weight is 201 g/mol. The number of esters is 1. The Morgan fingerprint density at radius 3 is 2.29 bits per heavy atom. The number of carbonyl (C=O) groups is 1. The van der Waals surface area contributed by atoms with Crippen LogP contribution in [0.3, 0.4) is 0 Å². The van der Waals surface area contributed by atoms with Gasteiger partial charge in [-0.3, -0.25) is 4.79 Å². The Hall–Kier alpha value is -0.570. The first kappa shape index (κ1) is 13.4. The molecule has 3 heteroatoms. The summed E-state index contributed by atoms with van der Waals surface area (Å²) in [5, 5.41) is 0. The van der Waals surface area contributed by atoms with Gasteiger partial charge in [0.15, 0.2) is 0 Å². The zero-order valence-corrected chi connectivity index (χ0v) is 9.80. The van der Waals surface area contributed by atoms with Crippen LogP contribution < -0.4 is 5.73 Å². The van der Waals surface area contributed by atoms with E-state index < -0.39 is 0 Å². The Kier molecular flexibility index (Phi) is 5.77. The summed E-state index contributed by atoms with van der Waals surface area (Å²) in [6.45, 7) is 7.06. The lowest BCUT2D eigenvalue weighted by Crippen LogP contribution is -2.21. The molecule has 0 aliphatic carbocycles. The van der Waals surface area contributed by atoms with Gasteiger partial charge in [0.2, 0.25) is 0 Å². The van der Waals surface area contributed by atoms with Crippen molar-refractivity contribution in [2.75, 3.05) is 13.7 Å². The maximum absolute atomic E-state index is 11.3. The smallest absolute Gasteiger partial charge is 0.308 e. The van der Waals surface area contributed by atoms with Crippen LogP contribution in [0.25, 0.3) is 0 Å². The van der Waals surface area contributed by atoms with E-state index in [0.29, 0.717) is 6.54 Å². The molecule has 84 valence electrons. The summed E-state index contributed by atoms with van der Waals surface area (Å²) in [5.74, 6) is -0.149. The van der Waals surface area contributed by atoms with Crippen molar-refractivity contribution >= 4 is 5.97 Å². The highest BCUT2D eigenvalue weighted by atomic mass is 16.5. The van der Waals surface area contributed by atoms with Crippen molar-refractivity contribution < 1.29 is 9.53 Å². The fourth-order valence-electron chi connectivity index (χ4n) is 1.36. The predicted molar refractivity (Wildman–Crippen MR) is 57.9 cm³/mol. The molecular formula is C11H23NO2. The summed E-state index contributed by atoms with van der Waals surface area (Å²) >= 11 is 0. The van der Waals surface area contributed by atoms with Crippen LogP contribution in [0.15, 0.2) is 0 Å². The number of carbonyl (C=O) groups excluding carboxylic acids is 1. The number of nitrogens with two attached hydrogens (primary N) is 1. The largest absolute Gasteiger partial charge is 0.469 e. The number of rotatable bonds is 5. The molecule has 0 rings (SSSR count). The van der Waals surface area contributed by atoms with E-state index in [-0.39, 0.29) is 17.3 Å². The minimum absolute atomic E-state index is 0.0239. The van der Waals surface area contributed by atoms with E-state index in [4.69, 9.17) is 10.5 Å². The molecule has 0 aliphatic heterocycles. The van der Waals surface area contributed by atoms with E-state index in [1.807, 2.05) is 0 Å². The lowest BCUT2D eigenvalue weighted by Gasteiger charge is -2.21. The highest BCUT2D eigenvalue weighted by Crippen LogP contribution is 2.25. The van der Waals surface area contributed by atoms with Gasteiger partial charge in [0.25, 0.3) is 0 Å². The summed E-state index contributed by atoms with van der Waals surface area (Å²) in [7, 11) is 1.43. The van der Waals surface area contributed by atoms with Gasteiger partial charge >= 0.3 is 5.97 Å². The zero-order chi connectivity index (χ0) is 11.2. The van der Waals surface area contributed by atoms with Gasteiger partial charge < -0.3 is 10.5 Å². The van der Waals surface area contributed by atoms with Crippen LogP contribution in [0, 0.1) is 11.3 Å². The highest BCUT2D eigenvalue weighted by molar-refractivity contribution is 5.72. The van der Waals surface area contributed by atoms with Crippen LogP contribution in [-0.4, -0.2) is 19.6 Å². The first-order valence-corrected chi connectivity index (χ1v) is 5.18. The topological polar surface area (TPSA) is 52.3 Å². The van der Waals surface area contributed by atoms with Gasteiger partial charge in [-0.25, -0.2) is 0 Å². The number of ether oxygens (including phenoxy) is 1. The summed E-state index contributed by atoms with van der Waals surface area (Å²) in [6.07, 6.45) is 2.61. The molecule has 0 saturated heterocycles. The fraction of sp³-hybridized carbons (Fsp3) is 0.909. The lowest BCUT2D eigenvalue weighted by molar-refractivity contribution is -0.146. The standard InChI is InChI=1S/C11H23NO2/c1-11(2,3)7-5-9(6-8-12)10(13)14-4/h9H,5-8,12H2,1-4H3. The molecule has 0 saturated carbocycles. The molecule has 0 spiro atoms. The Morgan fingerprint density at radius 1 is 1.36 bits per heavy atom. The molecule has 3 nitrogen and oxygen atoms in total. The predicted octanol–water partition coefficient (Wildman–Crippen LogP) is 1.95. The van der Waals surface area contributed by atoms with Crippen LogP contribution in [0.5, 0.6) is 0 Å². The van der Waals surface area contributed by atoms with Crippen LogP contribution in [-0.2, 0) is 9.53 Å². The molecule has 0 aromatic heterocycles. The third-order valence-electron chi connectivity index (χ3n) is 2.29. The van der Waals surface area contributed by atoms with Crippen LogP contribution in [0.2, 0.25) is 0 Å². The molecule has 1 unspecified atom stereocenters. The van der Waals surface area contributed by atoms with Crippen molar-refractivity contribution in [3.8, 4) is 0 Å². The second-order valence-corrected chi connectivity index (χ2v) is 4.90. The Morgan fingerprint density at radius 2 is 1.93 bits per heavy atom. The highest BCUT2D eigenvalue weighted by Gasteiger charge is 2.21. The first-order chi connectivity index (χ1) is 6.40. The van der Waals surface area contributed by atoms with Crippen molar-refractivity contribution in [3.63, 3.8) is 0 Å². The van der Waals surface area contributed by atoms with Gasteiger partial charge in [0.1, 0.15) is 0 Å². The van der Waals surface area contributed by atoms with E-state index in [2.05, 4.69) is 20.8 Å². The molecule has 0 bridgehead atoms. The van der Waals surface area contributed by atoms with Crippen molar-refractivity contribution in [2.24, 2.45) is 17.1 Å². The molecule has 2 N–H and O–H groups in total. The first-order valence-electron chi connectivity index (χ1n) is 5.18. The molecule has 0 fully saturated rings. The molecule has 0 radical (unpaired) electrons. The summed E-state index contributed by atoms with van der Waals surface area (Å²) in [6, 6.07) is 0. The van der Waals surface area contributed by atoms with Crippen molar-refractivity contribution in [3.05, 3.63) is 0 Å². The second-order valence-electron chi connectivity index (χ2n) is 4.90. The second kappa shape index (κ2) is 6.02. The molecule has 0 aromatic rings. The molecule has 1 atom stereocenters. The van der Waals surface area contributed by atoms with E-state index in [0.717, 1.165) is 19.3 Å². The van der Waals surface area contributed by atoms with Crippen molar-refractivity contribution in [1.82, 2.24) is 0 Å². The molecule has 0 aromatic carbocycles. The van der Waals surface area contributed by atoms with Gasteiger partial charge in [-0.15, -0.1) is 0 Å². The average Bonchev–Trinajstić information content (AvgIpc) is 2.09. The molecule has 0 heterocycles. The van der Waals surface area contributed by atoms with Crippen molar-refractivity contribution in [2.45, 2.75) is 40.0 Å². The van der Waals surface area contributed by atoms with Crippen LogP contribution in [0.4, 0.5) is 0 Å². The number of hydrogen-bond acceptors (Lipinski definition) is 3. The summed E-state index contributed by atoms with van der Waals surface area (Å²) in [4.78, 5) is 11.3. The monoisotopic (exact) mass is 201 g/mol. The minimum Gasteiger partial charge on any atom is -0.469 e. The fourth-order valence-corrected chi connectivity index (χ4v) is 1.36. The zero-order valence-electron chi connectivity index (χ0n) is 9.80. The normalized spacial score (nSPS) is 13.8. The van der Waals surface area contributed by atoms with Gasteiger partial charge in [-0.05, 0) is 31.2 Å². The molecule has 14 heavy (non-hydrogen) atoms. The van der Waals surface area contributed by atoms with E-state index in [9.17, 15) is 4.79 Å². The van der Waals surface area contributed by atoms with Gasteiger partial charge in [-0.1, -0.05) is 20.8 Å². The van der Waals surface area contributed by atoms with Crippen LogP contribution >= 0.6 is 0 Å². The third-order valence-corrected chi connectivity index (χ3v) is 2.29. The van der Waals surface area contributed by atoms with Gasteiger partial charge in [0.05, 0.1) is 13.0 Å². The quantitative estimate of drug-likeness (QED) is 0.692. The van der Waals surface area contributed by atoms with Crippen LogP contribution in [0.1, 0.15) is 40.0 Å². The maximum Gasteiger partial charge on any atom is 0.308 e. The Labute approximate surface area is 87.0 Å². The SMILES string of the molecule is COC(=O)C(CCN)CCC(C)(C)C. The van der Waals surface area contributed by atoms with Gasteiger partial charge in [0, 0.05) is 0 Å². The minimum atomic E-state index is -0.125. The molecular weight excluding hydrogens is 178 g/mol. The van der Waals surface area contributed by atoms with E-state index >= 15 is 0 Å². The van der Waals surface area contributed by atoms with Gasteiger partial charge in [-0.2, -0.15) is 0 Å². The third kappa shape index (κ3) is 5.97. The number of methoxy groups -OCH3 is 1. The summed E-state index contributed by atoms with van der Waals surface area (Å²) in [5.41, 5.74) is 5.72. The lowest BCUT2D eigenvalue weighted by atomic mass is 9.86. The maximum atomic E-state index is 11.3. The molecule has 0 aliphatic rings. The van der Waals surface area contributed by atoms with Crippen molar-refractivity contribution in [1.29, 1.82) is 0 Å². The Balaban J connectivity index is 4.03. The van der Waals surface area contributed by atoms with E-state index in [1.54, 1.807) is 0 Å². The number of hydrogen-bond donors (Lipinski definition) is 1. The molecule has 0 amide bonds. The van der Waals surface area contributed by atoms with E-state index in [1.165, 1.54) is 7.11 Å². The Bertz CT molecular complexity index is 173.